The Labute approximate surface area is 122 Å². The molecule has 1 aliphatic heterocycles. The zero-order valence-electron chi connectivity index (χ0n) is 12.6. The van der Waals surface area contributed by atoms with Gasteiger partial charge in [0.05, 0.1) is 6.10 Å². The van der Waals surface area contributed by atoms with Crippen LogP contribution >= 0.6 is 0 Å². The van der Waals surface area contributed by atoms with Gasteiger partial charge in [-0.3, -0.25) is 0 Å². The van der Waals surface area contributed by atoms with E-state index in [1.54, 1.807) is 0 Å². The minimum absolute atomic E-state index is 0.440. The molecule has 1 aromatic carbocycles. The molecule has 3 N–H and O–H groups in total. The number of likely N-dealkylation sites (tertiary alicyclic amines) is 1. The van der Waals surface area contributed by atoms with Gasteiger partial charge in [0, 0.05) is 18.3 Å². The zero-order chi connectivity index (χ0) is 14.5. The molecule has 1 saturated heterocycles. The van der Waals surface area contributed by atoms with E-state index in [-0.39, 0.29) is 0 Å². The van der Waals surface area contributed by atoms with Crippen LogP contribution in [0.3, 0.4) is 0 Å². The van der Waals surface area contributed by atoms with E-state index in [4.69, 9.17) is 5.73 Å². The Morgan fingerprint density at radius 3 is 2.45 bits per heavy atom. The second-order valence-corrected chi connectivity index (χ2v) is 5.79. The first kappa shape index (κ1) is 15.3. The number of nitrogens with zero attached hydrogens (tertiary/aromatic N) is 2. The van der Waals surface area contributed by atoms with E-state index in [0.717, 1.165) is 17.8 Å². The summed E-state index contributed by atoms with van der Waals surface area (Å²) in [5, 5.41) is 10.3. The first-order valence-corrected chi connectivity index (χ1v) is 7.56. The van der Waals surface area contributed by atoms with Crippen LogP contribution in [0.15, 0.2) is 24.3 Å². The van der Waals surface area contributed by atoms with Crippen molar-refractivity contribution in [3.63, 3.8) is 0 Å². The number of nitrogen functional groups attached to an aromatic ring is 1. The van der Waals surface area contributed by atoms with Gasteiger partial charge in [-0.05, 0) is 57.2 Å². The minimum Gasteiger partial charge on any atom is -0.399 e. The van der Waals surface area contributed by atoms with Gasteiger partial charge >= 0.3 is 0 Å². The first-order chi connectivity index (χ1) is 9.60. The smallest absolute Gasteiger partial charge is 0.0916 e. The van der Waals surface area contributed by atoms with Crippen molar-refractivity contribution in [3.8, 4) is 0 Å². The Bertz CT molecular complexity index is 399. The fourth-order valence-corrected chi connectivity index (χ4v) is 2.92. The summed E-state index contributed by atoms with van der Waals surface area (Å²) in [4.78, 5) is 4.79. The highest BCUT2D eigenvalue weighted by atomic mass is 16.3. The fraction of sp³-hybridized carbons (Fsp3) is 0.625. The van der Waals surface area contributed by atoms with Gasteiger partial charge in [-0.15, -0.1) is 0 Å². The van der Waals surface area contributed by atoms with Crippen molar-refractivity contribution in [1.82, 2.24) is 9.80 Å². The van der Waals surface area contributed by atoms with E-state index in [9.17, 15) is 5.11 Å². The minimum atomic E-state index is -0.440. The predicted octanol–water partition coefficient (Wildman–Crippen LogP) is 1.72. The third-order valence-electron chi connectivity index (χ3n) is 4.41. The lowest BCUT2D eigenvalue weighted by molar-refractivity contribution is 0.0748. The van der Waals surface area contributed by atoms with Crippen LogP contribution in [0.2, 0.25) is 0 Å². The topological polar surface area (TPSA) is 52.7 Å². The van der Waals surface area contributed by atoms with Crippen LogP contribution in [0.5, 0.6) is 0 Å². The normalized spacial score (nSPS) is 19.4. The van der Waals surface area contributed by atoms with E-state index in [0.29, 0.717) is 12.6 Å². The molecule has 1 atom stereocenters. The molecule has 0 radical (unpaired) electrons. The lowest BCUT2D eigenvalue weighted by atomic mass is 10.0. The summed E-state index contributed by atoms with van der Waals surface area (Å²) in [5.74, 6) is 0. The van der Waals surface area contributed by atoms with Gasteiger partial charge in [0.25, 0.3) is 0 Å². The van der Waals surface area contributed by atoms with E-state index in [1.807, 2.05) is 24.3 Å². The van der Waals surface area contributed by atoms with E-state index in [1.165, 1.54) is 25.9 Å². The second-order valence-electron chi connectivity index (χ2n) is 5.79. The molecule has 1 fully saturated rings. The molecular formula is C16H27N3O. The molecule has 1 aliphatic rings. The summed E-state index contributed by atoms with van der Waals surface area (Å²) < 4.78 is 0. The average molecular weight is 277 g/mol. The quantitative estimate of drug-likeness (QED) is 0.805. The van der Waals surface area contributed by atoms with E-state index < -0.39 is 6.10 Å². The van der Waals surface area contributed by atoms with Gasteiger partial charge in [0.1, 0.15) is 0 Å². The SMILES string of the molecule is CCN1CCC(N(C)CC(O)c2ccc(N)cc2)CC1. The molecule has 0 saturated carbocycles. The summed E-state index contributed by atoms with van der Waals surface area (Å²) in [6, 6.07) is 8.10. The number of aliphatic hydroxyl groups excluding tert-OH is 1. The Hall–Kier alpha value is -1.10. The number of nitrogens with two attached hydrogens (primary N) is 1. The number of rotatable bonds is 5. The van der Waals surface area contributed by atoms with Crippen LogP contribution in [0, 0.1) is 0 Å². The molecule has 0 spiro atoms. The molecule has 1 unspecified atom stereocenters. The Morgan fingerprint density at radius 1 is 1.30 bits per heavy atom. The lowest BCUT2D eigenvalue weighted by Crippen LogP contribution is -2.44. The Balaban J connectivity index is 1.84. The summed E-state index contributed by atoms with van der Waals surface area (Å²) >= 11 is 0. The molecule has 1 heterocycles. The molecule has 0 aliphatic carbocycles. The van der Waals surface area contributed by atoms with E-state index in [2.05, 4.69) is 23.8 Å². The van der Waals surface area contributed by atoms with Gasteiger partial charge in [0.2, 0.25) is 0 Å². The highest BCUT2D eigenvalue weighted by Crippen LogP contribution is 2.20. The van der Waals surface area contributed by atoms with Gasteiger partial charge in [0.15, 0.2) is 0 Å². The van der Waals surface area contributed by atoms with Crippen molar-refractivity contribution in [2.45, 2.75) is 31.9 Å². The maximum atomic E-state index is 10.3. The number of aliphatic hydroxyl groups is 1. The first-order valence-electron chi connectivity index (χ1n) is 7.56. The standard InChI is InChI=1S/C16H27N3O/c1-3-19-10-8-15(9-11-19)18(2)12-16(20)13-4-6-14(17)7-5-13/h4-7,15-16,20H,3,8-12,17H2,1-2H3. The van der Waals surface area contributed by atoms with Gasteiger partial charge in [-0.25, -0.2) is 0 Å². The van der Waals surface area contributed by atoms with Crippen LogP contribution in [-0.2, 0) is 0 Å². The Kier molecular flexibility index (Phi) is 5.40. The third-order valence-corrected chi connectivity index (χ3v) is 4.41. The fourth-order valence-electron chi connectivity index (χ4n) is 2.92. The van der Waals surface area contributed by atoms with Crippen molar-refractivity contribution in [2.24, 2.45) is 0 Å². The maximum Gasteiger partial charge on any atom is 0.0916 e. The van der Waals surface area contributed by atoms with Gasteiger partial charge in [-0.2, -0.15) is 0 Å². The molecule has 4 nitrogen and oxygen atoms in total. The van der Waals surface area contributed by atoms with Crippen molar-refractivity contribution >= 4 is 5.69 Å². The summed E-state index contributed by atoms with van der Waals surface area (Å²) in [6.45, 7) is 6.38. The van der Waals surface area contributed by atoms with Crippen LogP contribution < -0.4 is 5.73 Å². The number of hydrogen-bond acceptors (Lipinski definition) is 4. The molecule has 20 heavy (non-hydrogen) atoms. The molecule has 0 aromatic heterocycles. The number of likely N-dealkylation sites (N-methyl/N-ethyl adjacent to an activating group) is 1. The highest BCUT2D eigenvalue weighted by Gasteiger charge is 2.23. The molecule has 1 aromatic rings. The largest absolute Gasteiger partial charge is 0.399 e. The number of piperidine rings is 1. The lowest BCUT2D eigenvalue weighted by Gasteiger charge is -2.37. The van der Waals surface area contributed by atoms with Crippen molar-refractivity contribution in [3.05, 3.63) is 29.8 Å². The van der Waals surface area contributed by atoms with Crippen LogP contribution in [0.4, 0.5) is 5.69 Å². The molecule has 2 rings (SSSR count). The van der Waals surface area contributed by atoms with Crippen molar-refractivity contribution in [2.75, 3.05) is 39.0 Å². The molecule has 0 bridgehead atoms. The summed E-state index contributed by atoms with van der Waals surface area (Å²) in [7, 11) is 2.12. The van der Waals surface area contributed by atoms with Crippen molar-refractivity contribution < 1.29 is 5.11 Å². The monoisotopic (exact) mass is 277 g/mol. The number of hydrogen-bond donors (Lipinski definition) is 2. The maximum absolute atomic E-state index is 10.3. The average Bonchev–Trinajstić information content (AvgIpc) is 2.48. The molecule has 112 valence electrons. The van der Waals surface area contributed by atoms with Crippen molar-refractivity contribution in [1.29, 1.82) is 0 Å². The van der Waals surface area contributed by atoms with Gasteiger partial charge in [-0.1, -0.05) is 19.1 Å². The second kappa shape index (κ2) is 7.07. The molecule has 0 amide bonds. The molecular weight excluding hydrogens is 250 g/mol. The van der Waals surface area contributed by atoms with Gasteiger partial charge < -0.3 is 20.6 Å². The van der Waals surface area contributed by atoms with Crippen LogP contribution in [-0.4, -0.2) is 54.2 Å². The number of anilines is 1. The van der Waals surface area contributed by atoms with Crippen LogP contribution in [0.1, 0.15) is 31.4 Å². The Morgan fingerprint density at radius 2 is 1.90 bits per heavy atom. The van der Waals surface area contributed by atoms with Crippen LogP contribution in [0.25, 0.3) is 0 Å². The summed E-state index contributed by atoms with van der Waals surface area (Å²) in [6.07, 6.45) is 1.95. The molecule has 4 heteroatoms. The summed E-state index contributed by atoms with van der Waals surface area (Å²) in [5.41, 5.74) is 7.35. The zero-order valence-corrected chi connectivity index (χ0v) is 12.6. The van der Waals surface area contributed by atoms with E-state index >= 15 is 0 Å². The number of benzene rings is 1. The highest BCUT2D eigenvalue weighted by molar-refractivity contribution is 5.39. The third kappa shape index (κ3) is 3.95. The predicted molar refractivity (Wildman–Crippen MR) is 83.6 cm³/mol.